The van der Waals surface area contributed by atoms with Gasteiger partial charge in [-0.15, -0.1) is 11.3 Å². The van der Waals surface area contributed by atoms with Gasteiger partial charge >= 0.3 is 0 Å². The van der Waals surface area contributed by atoms with Gasteiger partial charge in [0, 0.05) is 25.0 Å². The topological polar surface area (TPSA) is 64.4 Å². The molecular weight excluding hydrogens is 406 g/mol. The molecule has 0 saturated carbocycles. The molecule has 2 aromatic heterocycles. The second-order valence-electron chi connectivity index (χ2n) is 6.91. The van der Waals surface area contributed by atoms with Crippen molar-refractivity contribution in [1.29, 1.82) is 0 Å². The smallest absolute Gasteiger partial charge is 0.267 e. The number of hydrogen-bond donors (Lipinski definition) is 0. The van der Waals surface area contributed by atoms with Crippen LogP contribution in [0.3, 0.4) is 0 Å². The number of aromatic nitrogens is 2. The summed E-state index contributed by atoms with van der Waals surface area (Å²) in [6.07, 6.45) is 0.851. The number of rotatable bonds is 6. The quantitative estimate of drug-likeness (QED) is 0.438. The Morgan fingerprint density at radius 3 is 2.72 bits per heavy atom. The van der Waals surface area contributed by atoms with Crippen LogP contribution < -0.4 is 10.3 Å². The van der Waals surface area contributed by atoms with E-state index in [0.717, 1.165) is 21.7 Å². The molecule has 3 aromatic rings. The average molecular weight is 432 g/mol. The lowest BCUT2D eigenvalue weighted by atomic mass is 10.2. The number of hydrogen-bond acceptors (Lipinski definition) is 6. The Kier molecular flexibility index (Phi) is 6.33. The van der Waals surface area contributed by atoms with Gasteiger partial charge in [0.2, 0.25) is 5.91 Å². The van der Waals surface area contributed by atoms with Gasteiger partial charge in [0.15, 0.2) is 5.16 Å². The van der Waals surface area contributed by atoms with Crippen LogP contribution in [0, 0.1) is 6.92 Å². The summed E-state index contributed by atoms with van der Waals surface area (Å²) in [4.78, 5) is 34.2. The summed E-state index contributed by atoms with van der Waals surface area (Å²) in [5.41, 5.74) is 1.53. The SMILES string of the molecule is CCc1sc2nc(SC(C)C(=O)N(C)C)n(-c3cccc(OC)c3)c(=O)c2c1C. The van der Waals surface area contributed by atoms with Crippen molar-refractivity contribution in [2.75, 3.05) is 21.2 Å². The summed E-state index contributed by atoms with van der Waals surface area (Å²) in [6, 6.07) is 7.32. The highest BCUT2D eigenvalue weighted by Crippen LogP contribution is 2.32. The van der Waals surface area contributed by atoms with Crippen LogP contribution in [-0.4, -0.2) is 46.8 Å². The van der Waals surface area contributed by atoms with E-state index in [1.165, 1.54) is 11.8 Å². The number of aryl methyl sites for hydroxylation is 2. The third-order valence-corrected chi connectivity index (χ3v) is 7.11. The van der Waals surface area contributed by atoms with E-state index in [1.807, 2.05) is 32.0 Å². The zero-order valence-corrected chi connectivity index (χ0v) is 19.1. The third kappa shape index (κ3) is 4.04. The number of benzene rings is 1. The molecule has 8 heteroatoms. The van der Waals surface area contributed by atoms with E-state index in [1.54, 1.807) is 48.1 Å². The molecule has 0 aliphatic heterocycles. The van der Waals surface area contributed by atoms with Gasteiger partial charge in [-0.2, -0.15) is 0 Å². The minimum atomic E-state index is -0.377. The Morgan fingerprint density at radius 2 is 2.10 bits per heavy atom. The molecule has 0 spiro atoms. The van der Waals surface area contributed by atoms with Crippen molar-refractivity contribution >= 4 is 39.2 Å². The van der Waals surface area contributed by atoms with Crippen LogP contribution in [0.15, 0.2) is 34.2 Å². The highest BCUT2D eigenvalue weighted by atomic mass is 32.2. The first-order chi connectivity index (χ1) is 13.8. The standard InChI is InChI=1S/C21H25N3O3S2/c1-7-16-12(2)17-18(29-16)22-21(28-13(3)19(25)23(4)5)24(20(17)26)14-9-8-10-15(11-14)27-6/h8-11,13H,7H2,1-6H3. The zero-order valence-electron chi connectivity index (χ0n) is 17.5. The summed E-state index contributed by atoms with van der Waals surface area (Å²) in [6.45, 7) is 5.88. The first-order valence-electron chi connectivity index (χ1n) is 9.35. The van der Waals surface area contributed by atoms with Gasteiger partial charge < -0.3 is 9.64 Å². The number of thiophene rings is 1. The fraction of sp³-hybridized carbons (Fsp3) is 0.381. The maximum Gasteiger partial charge on any atom is 0.267 e. The molecule has 0 bridgehead atoms. The summed E-state index contributed by atoms with van der Waals surface area (Å²) >= 11 is 2.84. The van der Waals surface area contributed by atoms with Crippen molar-refractivity contribution in [2.45, 2.75) is 37.6 Å². The van der Waals surface area contributed by atoms with Crippen molar-refractivity contribution in [3.63, 3.8) is 0 Å². The van der Waals surface area contributed by atoms with E-state index in [-0.39, 0.29) is 16.7 Å². The molecule has 154 valence electrons. The first-order valence-corrected chi connectivity index (χ1v) is 11.0. The number of carbonyl (C=O) groups is 1. The summed E-state index contributed by atoms with van der Waals surface area (Å²) in [7, 11) is 5.04. The number of nitrogens with zero attached hydrogens (tertiary/aromatic N) is 3. The number of ether oxygens (including phenoxy) is 1. The number of methoxy groups -OCH3 is 1. The van der Waals surface area contributed by atoms with Gasteiger partial charge in [-0.25, -0.2) is 4.98 Å². The molecule has 0 aliphatic carbocycles. The average Bonchev–Trinajstić information content (AvgIpc) is 3.03. The Balaban J connectivity index is 2.27. The summed E-state index contributed by atoms with van der Waals surface area (Å²) in [5, 5.41) is 0.769. The van der Waals surface area contributed by atoms with Crippen LogP contribution in [-0.2, 0) is 11.2 Å². The molecule has 29 heavy (non-hydrogen) atoms. The van der Waals surface area contributed by atoms with Gasteiger partial charge in [0.05, 0.1) is 23.4 Å². The van der Waals surface area contributed by atoms with Crippen LogP contribution in [0.25, 0.3) is 15.9 Å². The number of thioether (sulfide) groups is 1. The van der Waals surface area contributed by atoms with Gasteiger partial charge in [0.25, 0.3) is 5.56 Å². The molecule has 2 heterocycles. The van der Waals surface area contributed by atoms with Crippen molar-refractivity contribution in [3.8, 4) is 11.4 Å². The predicted octanol–water partition coefficient (Wildman–Crippen LogP) is 3.90. The Bertz CT molecular complexity index is 1120. The molecule has 1 aromatic carbocycles. The van der Waals surface area contributed by atoms with Crippen molar-refractivity contribution < 1.29 is 9.53 Å². The fourth-order valence-corrected chi connectivity index (χ4v) is 5.41. The molecule has 1 amide bonds. The second-order valence-corrected chi connectivity index (χ2v) is 9.30. The molecule has 3 rings (SSSR count). The third-order valence-electron chi connectivity index (χ3n) is 4.74. The zero-order chi connectivity index (χ0) is 21.3. The maximum atomic E-state index is 13.6. The van der Waals surface area contributed by atoms with Crippen LogP contribution in [0.4, 0.5) is 0 Å². The summed E-state index contributed by atoms with van der Waals surface area (Å²) < 4.78 is 6.93. The Labute approximate surface area is 178 Å². The molecule has 0 aliphatic rings. The summed E-state index contributed by atoms with van der Waals surface area (Å²) in [5.74, 6) is 0.622. The molecule has 1 atom stereocenters. The lowest BCUT2D eigenvalue weighted by Gasteiger charge is -2.18. The normalized spacial score (nSPS) is 12.2. The van der Waals surface area contributed by atoms with Crippen LogP contribution in [0.1, 0.15) is 24.3 Å². The van der Waals surface area contributed by atoms with Crippen molar-refractivity contribution in [1.82, 2.24) is 14.5 Å². The highest BCUT2D eigenvalue weighted by molar-refractivity contribution is 8.00. The van der Waals surface area contributed by atoms with Crippen molar-refractivity contribution in [3.05, 3.63) is 45.1 Å². The molecule has 0 fully saturated rings. The minimum Gasteiger partial charge on any atom is -0.497 e. The van der Waals surface area contributed by atoms with Crippen LogP contribution in [0.2, 0.25) is 0 Å². The predicted molar refractivity (Wildman–Crippen MR) is 120 cm³/mol. The monoisotopic (exact) mass is 431 g/mol. The Morgan fingerprint density at radius 1 is 1.38 bits per heavy atom. The molecule has 0 radical (unpaired) electrons. The van der Waals surface area contributed by atoms with E-state index in [2.05, 4.69) is 6.92 Å². The molecule has 6 nitrogen and oxygen atoms in total. The van der Waals surface area contributed by atoms with Crippen LogP contribution >= 0.6 is 23.1 Å². The molecule has 1 unspecified atom stereocenters. The van der Waals surface area contributed by atoms with Gasteiger partial charge in [-0.1, -0.05) is 24.8 Å². The van der Waals surface area contributed by atoms with Gasteiger partial charge in [-0.3, -0.25) is 14.2 Å². The van der Waals surface area contributed by atoms with E-state index in [0.29, 0.717) is 22.0 Å². The number of fused-ring (bicyclic) bond motifs is 1. The van der Waals surface area contributed by atoms with E-state index >= 15 is 0 Å². The van der Waals surface area contributed by atoms with E-state index in [4.69, 9.17) is 9.72 Å². The van der Waals surface area contributed by atoms with E-state index in [9.17, 15) is 9.59 Å². The lowest BCUT2D eigenvalue weighted by molar-refractivity contribution is -0.127. The molecular formula is C21H25N3O3S2. The lowest BCUT2D eigenvalue weighted by Crippen LogP contribution is -2.30. The largest absolute Gasteiger partial charge is 0.497 e. The highest BCUT2D eigenvalue weighted by Gasteiger charge is 2.23. The fourth-order valence-electron chi connectivity index (χ4n) is 3.18. The maximum absolute atomic E-state index is 13.6. The van der Waals surface area contributed by atoms with Gasteiger partial charge in [0.1, 0.15) is 10.6 Å². The molecule has 0 saturated heterocycles. The first kappa shape index (κ1) is 21.4. The van der Waals surface area contributed by atoms with Crippen molar-refractivity contribution in [2.24, 2.45) is 0 Å². The number of amides is 1. The molecule has 0 N–H and O–H groups in total. The number of carbonyl (C=O) groups excluding carboxylic acids is 1. The Hall–Kier alpha value is -2.32. The second kappa shape index (κ2) is 8.59. The van der Waals surface area contributed by atoms with Crippen LogP contribution in [0.5, 0.6) is 5.75 Å². The minimum absolute atomic E-state index is 0.0295. The van der Waals surface area contributed by atoms with E-state index < -0.39 is 0 Å². The van der Waals surface area contributed by atoms with Gasteiger partial charge in [-0.05, 0) is 38.0 Å².